The quantitative estimate of drug-likeness (QED) is 0.526. The fourth-order valence-corrected chi connectivity index (χ4v) is 3.46. The highest BCUT2D eigenvalue weighted by Gasteiger charge is 2.29. The maximum Gasteiger partial charge on any atom is 0.337 e. The normalized spacial score (nSPS) is 19.1. The van der Waals surface area contributed by atoms with E-state index in [2.05, 4.69) is 15.5 Å². The van der Waals surface area contributed by atoms with Gasteiger partial charge in [0.1, 0.15) is 0 Å². The van der Waals surface area contributed by atoms with Gasteiger partial charge in [-0.2, -0.15) is 0 Å². The lowest BCUT2D eigenvalue weighted by Gasteiger charge is -2.27. The molecule has 7 nitrogen and oxygen atoms in total. The Kier molecular flexibility index (Phi) is 8.44. The number of esters is 1. The molecule has 2 N–H and O–H groups in total. The molecule has 0 atom stereocenters. The summed E-state index contributed by atoms with van der Waals surface area (Å²) >= 11 is 0. The van der Waals surface area contributed by atoms with Crippen LogP contribution in [0.2, 0.25) is 0 Å². The van der Waals surface area contributed by atoms with E-state index in [1.807, 2.05) is 14.1 Å². The van der Waals surface area contributed by atoms with Gasteiger partial charge in [0.15, 0.2) is 0 Å². The van der Waals surface area contributed by atoms with Gasteiger partial charge in [-0.1, -0.05) is 6.07 Å². The van der Waals surface area contributed by atoms with Crippen LogP contribution in [0.25, 0.3) is 0 Å². The van der Waals surface area contributed by atoms with Crippen LogP contribution in [0.1, 0.15) is 42.5 Å². The lowest BCUT2D eigenvalue weighted by Crippen LogP contribution is -2.36. The number of hydrogen-bond acceptors (Lipinski definition) is 5. The molecule has 1 aromatic rings. The van der Waals surface area contributed by atoms with E-state index in [1.54, 1.807) is 24.3 Å². The molecule has 0 aromatic heterocycles. The van der Waals surface area contributed by atoms with Crippen molar-refractivity contribution in [2.75, 3.05) is 39.6 Å². The van der Waals surface area contributed by atoms with E-state index in [-0.39, 0.29) is 23.7 Å². The first-order chi connectivity index (χ1) is 13.4. The SMILES string of the molecule is COC(=O)c1cccc(NC(=O)C2CCC(C(=O)NCCCN(C)C)CC2)c1. The zero-order valence-corrected chi connectivity index (χ0v) is 17.0. The predicted octanol–water partition coefficient (Wildman–Crippen LogP) is 2.29. The Bertz CT molecular complexity index is 682. The topological polar surface area (TPSA) is 87.7 Å². The number of benzene rings is 1. The number of rotatable bonds is 8. The first-order valence-electron chi connectivity index (χ1n) is 9.82. The molecule has 2 rings (SSSR count). The highest BCUT2D eigenvalue weighted by Crippen LogP contribution is 2.30. The number of carbonyl (C=O) groups excluding carboxylic acids is 3. The highest BCUT2D eigenvalue weighted by molar-refractivity contribution is 5.95. The largest absolute Gasteiger partial charge is 0.465 e. The molecule has 1 fully saturated rings. The van der Waals surface area contributed by atoms with Crippen molar-refractivity contribution in [1.29, 1.82) is 0 Å². The van der Waals surface area contributed by atoms with E-state index in [4.69, 9.17) is 4.74 Å². The lowest BCUT2D eigenvalue weighted by atomic mass is 9.81. The molecule has 154 valence electrons. The van der Waals surface area contributed by atoms with Gasteiger partial charge in [-0.3, -0.25) is 9.59 Å². The maximum atomic E-state index is 12.5. The average molecular weight is 389 g/mol. The van der Waals surface area contributed by atoms with Crippen LogP contribution in [0.4, 0.5) is 5.69 Å². The Hall–Kier alpha value is -2.41. The molecule has 2 amide bonds. The van der Waals surface area contributed by atoms with Crippen LogP contribution in [0, 0.1) is 11.8 Å². The second-order valence-electron chi connectivity index (χ2n) is 7.56. The predicted molar refractivity (Wildman–Crippen MR) is 108 cm³/mol. The molecule has 1 aliphatic rings. The first kappa shape index (κ1) is 21.9. The van der Waals surface area contributed by atoms with E-state index >= 15 is 0 Å². The van der Waals surface area contributed by atoms with Crippen LogP contribution in [0.15, 0.2) is 24.3 Å². The molecule has 0 unspecified atom stereocenters. The molecule has 1 saturated carbocycles. The number of methoxy groups -OCH3 is 1. The molecule has 0 bridgehead atoms. The number of anilines is 1. The number of amides is 2. The molecule has 7 heteroatoms. The zero-order valence-electron chi connectivity index (χ0n) is 17.0. The second kappa shape index (κ2) is 10.8. The van der Waals surface area contributed by atoms with Crippen LogP contribution in [0.3, 0.4) is 0 Å². The summed E-state index contributed by atoms with van der Waals surface area (Å²) in [4.78, 5) is 38.5. The molecule has 0 aliphatic heterocycles. The van der Waals surface area contributed by atoms with Gasteiger partial charge in [0.05, 0.1) is 12.7 Å². The third-order valence-corrected chi connectivity index (χ3v) is 5.10. The Balaban J connectivity index is 1.77. The standard InChI is InChI=1S/C21H31N3O4/c1-24(2)13-5-12-22-19(25)15-8-10-16(11-9-15)20(26)23-18-7-4-6-17(14-18)21(27)28-3/h4,6-7,14-16H,5,8-13H2,1-3H3,(H,22,25)(H,23,26). The average Bonchev–Trinajstić information content (AvgIpc) is 2.70. The van der Waals surface area contributed by atoms with E-state index in [9.17, 15) is 14.4 Å². The molecular weight excluding hydrogens is 358 g/mol. The molecule has 1 aliphatic carbocycles. The lowest BCUT2D eigenvalue weighted by molar-refractivity contribution is -0.128. The van der Waals surface area contributed by atoms with Gasteiger partial charge in [-0.15, -0.1) is 0 Å². The fraction of sp³-hybridized carbons (Fsp3) is 0.571. The Morgan fingerprint density at radius 3 is 2.32 bits per heavy atom. The van der Waals surface area contributed by atoms with Gasteiger partial charge in [-0.05, 0) is 70.9 Å². The van der Waals surface area contributed by atoms with Crippen molar-refractivity contribution in [2.45, 2.75) is 32.1 Å². The van der Waals surface area contributed by atoms with Crippen LogP contribution in [0.5, 0.6) is 0 Å². The number of hydrogen-bond donors (Lipinski definition) is 2. The van der Waals surface area contributed by atoms with Crippen molar-refractivity contribution in [1.82, 2.24) is 10.2 Å². The maximum absolute atomic E-state index is 12.5. The number of nitrogens with one attached hydrogen (secondary N) is 2. The van der Waals surface area contributed by atoms with Crippen molar-refractivity contribution >= 4 is 23.5 Å². The van der Waals surface area contributed by atoms with Crippen LogP contribution in [-0.4, -0.2) is 57.0 Å². The molecule has 0 radical (unpaired) electrons. The molecule has 28 heavy (non-hydrogen) atoms. The second-order valence-corrected chi connectivity index (χ2v) is 7.56. The van der Waals surface area contributed by atoms with E-state index in [0.29, 0.717) is 30.6 Å². The third kappa shape index (κ3) is 6.64. The van der Waals surface area contributed by atoms with E-state index < -0.39 is 5.97 Å². The minimum absolute atomic E-state index is 0.00828. The van der Waals surface area contributed by atoms with Crippen LogP contribution < -0.4 is 10.6 Å². The van der Waals surface area contributed by atoms with Gasteiger partial charge < -0.3 is 20.3 Å². The van der Waals surface area contributed by atoms with Crippen LogP contribution >= 0.6 is 0 Å². The summed E-state index contributed by atoms with van der Waals surface area (Å²) in [5, 5.41) is 5.88. The Labute approximate surface area is 166 Å². The Morgan fingerprint density at radius 2 is 1.71 bits per heavy atom. The van der Waals surface area contributed by atoms with Gasteiger partial charge in [0, 0.05) is 24.1 Å². The summed E-state index contributed by atoms with van der Waals surface area (Å²) in [6.45, 7) is 1.64. The first-order valence-corrected chi connectivity index (χ1v) is 9.82. The molecule has 0 saturated heterocycles. The summed E-state index contributed by atoms with van der Waals surface area (Å²) in [7, 11) is 5.35. The number of carbonyl (C=O) groups is 3. The summed E-state index contributed by atoms with van der Waals surface area (Å²) < 4.78 is 4.70. The van der Waals surface area contributed by atoms with Crippen molar-refractivity contribution in [2.24, 2.45) is 11.8 Å². The highest BCUT2D eigenvalue weighted by atomic mass is 16.5. The van der Waals surface area contributed by atoms with Gasteiger partial charge >= 0.3 is 5.97 Å². The van der Waals surface area contributed by atoms with Gasteiger partial charge in [-0.25, -0.2) is 4.79 Å². The summed E-state index contributed by atoms with van der Waals surface area (Å²) in [5.74, 6) is -0.519. The molecule has 0 spiro atoms. The minimum Gasteiger partial charge on any atom is -0.465 e. The number of nitrogens with zero attached hydrogens (tertiary/aromatic N) is 1. The van der Waals surface area contributed by atoms with Crippen molar-refractivity contribution in [3.05, 3.63) is 29.8 Å². The van der Waals surface area contributed by atoms with Crippen molar-refractivity contribution < 1.29 is 19.1 Å². The monoisotopic (exact) mass is 389 g/mol. The molecule has 0 heterocycles. The summed E-state index contributed by atoms with van der Waals surface area (Å²) in [5.41, 5.74) is 0.976. The Morgan fingerprint density at radius 1 is 1.07 bits per heavy atom. The van der Waals surface area contributed by atoms with Gasteiger partial charge in [0.25, 0.3) is 0 Å². The van der Waals surface area contributed by atoms with Crippen molar-refractivity contribution in [3.63, 3.8) is 0 Å². The van der Waals surface area contributed by atoms with Gasteiger partial charge in [0.2, 0.25) is 11.8 Å². The molecule has 1 aromatic carbocycles. The summed E-state index contributed by atoms with van der Waals surface area (Å²) in [6.07, 6.45) is 3.76. The number of ether oxygens (including phenoxy) is 1. The van der Waals surface area contributed by atoms with E-state index in [0.717, 1.165) is 25.8 Å². The third-order valence-electron chi connectivity index (χ3n) is 5.10. The molecular formula is C21H31N3O4. The van der Waals surface area contributed by atoms with Crippen LogP contribution in [-0.2, 0) is 14.3 Å². The van der Waals surface area contributed by atoms with Crippen molar-refractivity contribution in [3.8, 4) is 0 Å². The fourth-order valence-electron chi connectivity index (χ4n) is 3.46. The minimum atomic E-state index is -0.437. The smallest absolute Gasteiger partial charge is 0.337 e. The zero-order chi connectivity index (χ0) is 20.5. The summed E-state index contributed by atoms with van der Waals surface area (Å²) in [6, 6.07) is 6.71. The van der Waals surface area contributed by atoms with E-state index in [1.165, 1.54) is 7.11 Å².